The average Bonchev–Trinajstić information content (AvgIpc) is 2.49. The van der Waals surface area contributed by atoms with Gasteiger partial charge in [-0.2, -0.15) is 0 Å². The fourth-order valence-corrected chi connectivity index (χ4v) is 2.46. The summed E-state index contributed by atoms with van der Waals surface area (Å²) in [4.78, 5) is 23.3. The highest BCUT2D eigenvalue weighted by Crippen LogP contribution is 2.24. The van der Waals surface area contributed by atoms with E-state index in [1.54, 1.807) is 31.3 Å². The van der Waals surface area contributed by atoms with E-state index in [1.807, 2.05) is 0 Å². The summed E-state index contributed by atoms with van der Waals surface area (Å²) in [6.07, 6.45) is 3.52. The van der Waals surface area contributed by atoms with E-state index in [0.29, 0.717) is 5.69 Å². The quantitative estimate of drug-likeness (QED) is 0.684. The van der Waals surface area contributed by atoms with Gasteiger partial charge in [0.15, 0.2) is 0 Å². The highest BCUT2D eigenvalue weighted by atomic mass is 16.2. The Hall–Kier alpha value is -2.08. The third kappa shape index (κ3) is 4.46. The summed E-state index contributed by atoms with van der Waals surface area (Å²) in [5.74, 6) is 0.0994. The maximum absolute atomic E-state index is 12.2. The van der Waals surface area contributed by atoms with Crippen molar-refractivity contribution < 1.29 is 9.59 Å². The number of carbonyl (C=O) groups excluding carboxylic acids is 2. The van der Waals surface area contributed by atoms with E-state index in [-0.39, 0.29) is 23.9 Å². The molecule has 21 heavy (non-hydrogen) atoms. The Balaban J connectivity index is 1.88. The second kappa shape index (κ2) is 7.08. The molecule has 0 radical (unpaired) electrons. The molecule has 0 aromatic heterocycles. The molecule has 6 nitrogen and oxygen atoms in total. The van der Waals surface area contributed by atoms with E-state index in [1.165, 1.54) is 0 Å². The van der Waals surface area contributed by atoms with Gasteiger partial charge in [0.2, 0.25) is 5.91 Å². The molecule has 1 aromatic carbocycles. The number of urea groups is 1. The van der Waals surface area contributed by atoms with E-state index in [0.717, 1.165) is 31.4 Å². The number of hydrogen-bond donors (Lipinski definition) is 4. The Kier molecular flexibility index (Phi) is 5.16. The molecular formula is C15H22N4O2. The smallest absolute Gasteiger partial charge is 0.318 e. The largest absolute Gasteiger partial charge is 0.341 e. The van der Waals surface area contributed by atoms with Crippen molar-refractivity contribution in [2.24, 2.45) is 11.7 Å². The molecule has 1 aliphatic carbocycles. The van der Waals surface area contributed by atoms with E-state index < -0.39 is 0 Å². The Morgan fingerprint density at radius 1 is 1.00 bits per heavy atom. The van der Waals surface area contributed by atoms with Crippen molar-refractivity contribution in [3.8, 4) is 0 Å². The molecule has 3 amide bonds. The predicted molar refractivity (Wildman–Crippen MR) is 83.1 cm³/mol. The second-order valence-electron chi connectivity index (χ2n) is 5.38. The number of rotatable bonds is 3. The summed E-state index contributed by atoms with van der Waals surface area (Å²) in [5, 5.41) is 8.05. The molecule has 1 saturated carbocycles. The Morgan fingerprint density at radius 2 is 1.52 bits per heavy atom. The van der Waals surface area contributed by atoms with Gasteiger partial charge in [0, 0.05) is 30.4 Å². The third-order valence-electron chi connectivity index (χ3n) is 3.78. The zero-order valence-corrected chi connectivity index (χ0v) is 12.2. The van der Waals surface area contributed by atoms with Gasteiger partial charge in [0.25, 0.3) is 0 Å². The van der Waals surface area contributed by atoms with Gasteiger partial charge < -0.3 is 21.7 Å². The van der Waals surface area contributed by atoms with Gasteiger partial charge in [-0.15, -0.1) is 0 Å². The standard InChI is InChI=1S/C15H22N4O2/c1-17-15(21)19-13-8-6-12(7-9-13)18-14(20)10-2-4-11(16)5-3-10/h6-11H,2-5,16H2,1H3,(H,18,20)(H2,17,19,21). The maximum atomic E-state index is 12.2. The minimum atomic E-state index is -0.273. The van der Waals surface area contributed by atoms with Crippen LogP contribution in [-0.2, 0) is 4.79 Å². The van der Waals surface area contributed by atoms with Crippen LogP contribution >= 0.6 is 0 Å². The monoisotopic (exact) mass is 290 g/mol. The number of carbonyl (C=O) groups is 2. The number of benzene rings is 1. The Morgan fingerprint density at radius 3 is 2.05 bits per heavy atom. The summed E-state index contributed by atoms with van der Waals surface area (Å²) in [7, 11) is 1.56. The normalized spacial score (nSPS) is 21.4. The number of nitrogens with one attached hydrogen (secondary N) is 3. The maximum Gasteiger partial charge on any atom is 0.318 e. The van der Waals surface area contributed by atoms with Crippen molar-refractivity contribution in [2.75, 3.05) is 17.7 Å². The Bertz CT molecular complexity index is 493. The zero-order valence-electron chi connectivity index (χ0n) is 12.2. The molecular weight excluding hydrogens is 268 g/mol. The topological polar surface area (TPSA) is 96.2 Å². The molecule has 6 heteroatoms. The van der Waals surface area contributed by atoms with Crippen LogP contribution in [0.15, 0.2) is 24.3 Å². The molecule has 114 valence electrons. The molecule has 0 unspecified atom stereocenters. The molecule has 1 fully saturated rings. The second-order valence-corrected chi connectivity index (χ2v) is 5.38. The van der Waals surface area contributed by atoms with E-state index in [9.17, 15) is 9.59 Å². The van der Waals surface area contributed by atoms with Crippen LogP contribution in [0.25, 0.3) is 0 Å². The molecule has 0 heterocycles. The van der Waals surface area contributed by atoms with Crippen LogP contribution in [0.4, 0.5) is 16.2 Å². The van der Waals surface area contributed by atoms with Crippen molar-refractivity contribution in [1.29, 1.82) is 0 Å². The van der Waals surface area contributed by atoms with Crippen LogP contribution in [0.3, 0.4) is 0 Å². The summed E-state index contributed by atoms with van der Waals surface area (Å²) in [6.45, 7) is 0. The van der Waals surface area contributed by atoms with Crippen LogP contribution in [0.1, 0.15) is 25.7 Å². The first-order valence-electron chi connectivity index (χ1n) is 7.23. The number of nitrogens with two attached hydrogens (primary N) is 1. The minimum Gasteiger partial charge on any atom is -0.341 e. The summed E-state index contributed by atoms with van der Waals surface area (Å²) in [5.41, 5.74) is 7.26. The average molecular weight is 290 g/mol. The minimum absolute atomic E-state index is 0.0495. The van der Waals surface area contributed by atoms with E-state index in [4.69, 9.17) is 5.73 Å². The fourth-order valence-electron chi connectivity index (χ4n) is 2.46. The van der Waals surface area contributed by atoms with Gasteiger partial charge in [-0.1, -0.05) is 0 Å². The third-order valence-corrected chi connectivity index (χ3v) is 3.78. The molecule has 1 aromatic rings. The van der Waals surface area contributed by atoms with Crippen molar-refractivity contribution in [2.45, 2.75) is 31.7 Å². The SMILES string of the molecule is CNC(=O)Nc1ccc(NC(=O)C2CCC(N)CC2)cc1. The number of anilines is 2. The lowest BCUT2D eigenvalue weighted by Crippen LogP contribution is -2.32. The number of amides is 3. The summed E-state index contributed by atoms with van der Waals surface area (Å²) >= 11 is 0. The van der Waals surface area contributed by atoms with Crippen molar-refractivity contribution in [3.05, 3.63) is 24.3 Å². The molecule has 0 spiro atoms. The lowest BCUT2D eigenvalue weighted by molar-refractivity contribution is -0.120. The first-order valence-corrected chi connectivity index (χ1v) is 7.23. The van der Waals surface area contributed by atoms with Crippen molar-refractivity contribution in [1.82, 2.24) is 5.32 Å². The van der Waals surface area contributed by atoms with E-state index in [2.05, 4.69) is 16.0 Å². The number of hydrogen-bond acceptors (Lipinski definition) is 3. The zero-order chi connectivity index (χ0) is 15.2. The molecule has 0 aliphatic heterocycles. The first kappa shape index (κ1) is 15.3. The van der Waals surface area contributed by atoms with Crippen LogP contribution in [-0.4, -0.2) is 25.0 Å². The van der Waals surface area contributed by atoms with Crippen LogP contribution in [0, 0.1) is 5.92 Å². The summed E-state index contributed by atoms with van der Waals surface area (Å²) in [6, 6.07) is 7.02. The van der Waals surface area contributed by atoms with Crippen LogP contribution in [0.2, 0.25) is 0 Å². The molecule has 1 aliphatic rings. The molecule has 0 saturated heterocycles. The Labute approximate surface area is 124 Å². The van der Waals surface area contributed by atoms with Crippen LogP contribution < -0.4 is 21.7 Å². The van der Waals surface area contributed by atoms with Gasteiger partial charge in [0.1, 0.15) is 0 Å². The van der Waals surface area contributed by atoms with E-state index >= 15 is 0 Å². The van der Waals surface area contributed by atoms with Gasteiger partial charge >= 0.3 is 6.03 Å². The van der Waals surface area contributed by atoms with Gasteiger partial charge in [-0.05, 0) is 49.9 Å². The fraction of sp³-hybridized carbons (Fsp3) is 0.467. The molecule has 0 bridgehead atoms. The predicted octanol–water partition coefficient (Wildman–Crippen LogP) is 1.89. The first-order chi connectivity index (χ1) is 10.1. The molecule has 0 atom stereocenters. The highest BCUT2D eigenvalue weighted by molar-refractivity contribution is 5.93. The lowest BCUT2D eigenvalue weighted by Gasteiger charge is -2.25. The van der Waals surface area contributed by atoms with Gasteiger partial charge in [0.05, 0.1) is 0 Å². The van der Waals surface area contributed by atoms with Crippen molar-refractivity contribution >= 4 is 23.3 Å². The lowest BCUT2D eigenvalue weighted by atomic mass is 9.86. The summed E-state index contributed by atoms with van der Waals surface area (Å²) < 4.78 is 0. The van der Waals surface area contributed by atoms with Gasteiger partial charge in [-0.3, -0.25) is 4.79 Å². The van der Waals surface area contributed by atoms with Crippen LogP contribution in [0.5, 0.6) is 0 Å². The molecule has 5 N–H and O–H groups in total. The van der Waals surface area contributed by atoms with Gasteiger partial charge in [-0.25, -0.2) is 4.79 Å². The van der Waals surface area contributed by atoms with Crippen molar-refractivity contribution in [3.63, 3.8) is 0 Å². The highest BCUT2D eigenvalue weighted by Gasteiger charge is 2.24. The molecule has 2 rings (SSSR count).